The second kappa shape index (κ2) is 6.26. The maximum Gasteiger partial charge on any atom is 0.401 e. The van der Waals surface area contributed by atoms with E-state index in [0.717, 1.165) is 0 Å². The predicted octanol–water partition coefficient (Wildman–Crippen LogP) is 0.978. The topological polar surface area (TPSA) is 109 Å². The van der Waals surface area contributed by atoms with Crippen LogP contribution in [0.3, 0.4) is 0 Å². The number of rotatable bonds is 4. The molecule has 27 heavy (non-hydrogen) atoms. The molecule has 0 radical (unpaired) electrons. The molecule has 0 unspecified atom stereocenters. The molecule has 2 aromatic heterocycles. The number of hydrogen-bond acceptors (Lipinski definition) is 8. The highest BCUT2D eigenvalue weighted by Gasteiger charge is 2.56. The normalized spacial score (nSPS) is 30.1. The molecular weight excluding hydrogens is 369 g/mol. The van der Waals surface area contributed by atoms with E-state index in [-0.39, 0.29) is 12.4 Å². The molecule has 9 nitrogen and oxygen atoms in total. The van der Waals surface area contributed by atoms with Gasteiger partial charge in [-0.1, -0.05) is 0 Å². The molecule has 2 saturated heterocycles. The number of aromatic nitrogens is 4. The van der Waals surface area contributed by atoms with Crippen LogP contribution in [-0.2, 0) is 14.2 Å². The van der Waals surface area contributed by atoms with Crippen molar-refractivity contribution in [2.75, 3.05) is 18.8 Å². The minimum atomic E-state index is -4.31. The van der Waals surface area contributed by atoms with Gasteiger partial charge in [0.2, 0.25) is 0 Å². The lowest BCUT2D eigenvalue weighted by atomic mass is 10.1. The predicted molar refractivity (Wildman–Crippen MR) is 86.4 cm³/mol. The number of hydrogen-bond donors (Lipinski definition) is 2. The van der Waals surface area contributed by atoms with Crippen molar-refractivity contribution in [1.29, 1.82) is 0 Å². The number of fused-ring (bicyclic) bond motifs is 2. The maximum absolute atomic E-state index is 12.4. The molecule has 0 bridgehead atoms. The molecule has 148 valence electrons. The largest absolute Gasteiger partial charge is 0.401 e. The van der Waals surface area contributed by atoms with E-state index >= 15 is 0 Å². The number of imidazole rings is 1. The first-order valence-corrected chi connectivity index (χ1v) is 8.36. The number of nitrogens with two attached hydrogens (primary N) is 1. The van der Waals surface area contributed by atoms with Gasteiger partial charge >= 0.3 is 6.18 Å². The second-order valence-electron chi connectivity index (χ2n) is 6.96. The average molecular weight is 388 g/mol. The number of alkyl halides is 3. The van der Waals surface area contributed by atoms with Gasteiger partial charge in [0.1, 0.15) is 30.2 Å². The van der Waals surface area contributed by atoms with Crippen LogP contribution >= 0.6 is 0 Å². The van der Waals surface area contributed by atoms with E-state index in [1.54, 1.807) is 18.4 Å². The number of nitrogens with zero attached hydrogens (tertiary/aromatic N) is 4. The fourth-order valence-corrected chi connectivity index (χ4v) is 3.46. The van der Waals surface area contributed by atoms with Crippen LogP contribution in [-0.4, -0.2) is 62.9 Å². The summed E-state index contributed by atoms with van der Waals surface area (Å²) in [5.41, 5.74) is 6.67. The van der Waals surface area contributed by atoms with Gasteiger partial charge in [0.15, 0.2) is 23.5 Å². The Bertz CT molecular complexity index is 842. The lowest BCUT2D eigenvalue weighted by molar-refractivity contribution is -0.196. The molecule has 0 spiro atoms. The van der Waals surface area contributed by atoms with Gasteiger partial charge < -0.3 is 25.3 Å². The number of nitrogen functional groups attached to an aromatic ring is 1. The van der Waals surface area contributed by atoms with Crippen LogP contribution in [0.5, 0.6) is 0 Å². The molecule has 2 aromatic rings. The minimum absolute atomic E-state index is 0.0413. The Balaban J connectivity index is 1.60. The van der Waals surface area contributed by atoms with Gasteiger partial charge in [-0.2, -0.15) is 13.2 Å². The van der Waals surface area contributed by atoms with Gasteiger partial charge in [-0.05, 0) is 13.8 Å². The minimum Gasteiger partial charge on any atom is -0.382 e. The molecule has 0 amide bonds. The third-order valence-electron chi connectivity index (χ3n) is 4.46. The van der Waals surface area contributed by atoms with Crippen molar-refractivity contribution in [2.24, 2.45) is 0 Å². The lowest BCUT2D eigenvalue weighted by Crippen LogP contribution is -2.40. The van der Waals surface area contributed by atoms with Crippen LogP contribution in [0.25, 0.3) is 11.2 Å². The Morgan fingerprint density at radius 2 is 1.96 bits per heavy atom. The first-order chi connectivity index (χ1) is 12.6. The molecule has 4 rings (SSSR count). The lowest BCUT2D eigenvalue weighted by Gasteiger charge is -2.25. The molecule has 2 aliphatic rings. The zero-order chi connectivity index (χ0) is 19.4. The highest BCUT2D eigenvalue weighted by molar-refractivity contribution is 5.81. The second-order valence-corrected chi connectivity index (χ2v) is 6.96. The van der Waals surface area contributed by atoms with Crippen LogP contribution in [0.4, 0.5) is 19.0 Å². The molecule has 0 aromatic carbocycles. The van der Waals surface area contributed by atoms with Crippen molar-refractivity contribution >= 4 is 17.0 Å². The summed E-state index contributed by atoms with van der Waals surface area (Å²) in [7, 11) is 0. The molecule has 4 atom stereocenters. The molecule has 4 heterocycles. The Labute approximate surface area is 152 Å². The number of nitrogens with one attached hydrogen (secondary N) is 1. The van der Waals surface area contributed by atoms with Crippen LogP contribution in [0.1, 0.15) is 20.1 Å². The van der Waals surface area contributed by atoms with Gasteiger partial charge in [0.25, 0.3) is 0 Å². The van der Waals surface area contributed by atoms with E-state index in [1.165, 1.54) is 12.7 Å². The summed E-state index contributed by atoms with van der Waals surface area (Å²) in [6, 6.07) is 0. The fraction of sp³-hybridized carbons (Fsp3) is 0.667. The van der Waals surface area contributed by atoms with E-state index < -0.39 is 43.0 Å². The standard InChI is InChI=1S/C15H19F3N6O3/c1-14(2)26-9-7(3-20-4-15(16,17)18)25-13(10(9)27-14)24-6-23-8-11(19)21-5-22-12(8)24/h5-7,9-10,13,20H,3-4H2,1-2H3,(H2,19,21,22)/t7-,9-,10-,13-/m1/s1. The molecule has 2 aliphatic heterocycles. The van der Waals surface area contributed by atoms with Crippen LogP contribution < -0.4 is 11.1 Å². The maximum atomic E-state index is 12.4. The van der Waals surface area contributed by atoms with Crippen molar-refractivity contribution in [2.45, 2.75) is 50.4 Å². The van der Waals surface area contributed by atoms with Crippen LogP contribution in [0.15, 0.2) is 12.7 Å². The summed E-state index contributed by atoms with van der Waals surface area (Å²) in [5, 5.41) is 2.36. The van der Waals surface area contributed by atoms with Gasteiger partial charge in [-0.15, -0.1) is 0 Å². The first-order valence-electron chi connectivity index (χ1n) is 8.36. The Kier molecular flexibility index (Phi) is 4.25. The summed E-state index contributed by atoms with van der Waals surface area (Å²) in [6.07, 6.45) is -3.89. The van der Waals surface area contributed by atoms with E-state index in [0.29, 0.717) is 11.2 Å². The molecule has 3 N–H and O–H groups in total. The average Bonchev–Trinajstić information content (AvgIpc) is 3.19. The van der Waals surface area contributed by atoms with Crippen molar-refractivity contribution in [3.63, 3.8) is 0 Å². The Morgan fingerprint density at radius 3 is 2.70 bits per heavy atom. The molecule has 0 saturated carbocycles. The summed E-state index contributed by atoms with van der Waals surface area (Å²) < 4.78 is 56.7. The Hall–Kier alpha value is -2.02. The van der Waals surface area contributed by atoms with Crippen molar-refractivity contribution in [1.82, 2.24) is 24.8 Å². The molecule has 0 aliphatic carbocycles. The monoisotopic (exact) mass is 388 g/mol. The Morgan fingerprint density at radius 1 is 1.22 bits per heavy atom. The van der Waals surface area contributed by atoms with Crippen molar-refractivity contribution in [3.05, 3.63) is 12.7 Å². The zero-order valence-corrected chi connectivity index (χ0v) is 14.6. The number of anilines is 1. The molecule has 12 heteroatoms. The van der Waals surface area contributed by atoms with E-state index in [4.69, 9.17) is 19.9 Å². The third kappa shape index (κ3) is 3.45. The van der Waals surface area contributed by atoms with Crippen LogP contribution in [0.2, 0.25) is 0 Å². The SMILES string of the molecule is CC1(C)O[C@@H]2[C@H](O1)[C@@H](CNCC(F)(F)F)O[C@H]2n1cnc2c(N)ncnc21. The molecular formula is C15H19F3N6O3. The van der Waals surface area contributed by atoms with Gasteiger partial charge in [-0.25, -0.2) is 15.0 Å². The van der Waals surface area contributed by atoms with E-state index in [2.05, 4.69) is 20.3 Å². The summed E-state index contributed by atoms with van der Waals surface area (Å²) in [5.74, 6) is -0.662. The summed E-state index contributed by atoms with van der Waals surface area (Å²) >= 11 is 0. The quantitative estimate of drug-likeness (QED) is 0.798. The third-order valence-corrected chi connectivity index (χ3v) is 4.46. The number of halogens is 3. The van der Waals surface area contributed by atoms with Gasteiger partial charge in [-0.3, -0.25) is 4.57 Å². The molecule has 2 fully saturated rings. The van der Waals surface area contributed by atoms with Gasteiger partial charge in [0.05, 0.1) is 12.9 Å². The highest BCUT2D eigenvalue weighted by Crippen LogP contribution is 2.43. The highest BCUT2D eigenvalue weighted by atomic mass is 19.4. The number of ether oxygens (including phenoxy) is 3. The summed E-state index contributed by atoms with van der Waals surface area (Å²) in [4.78, 5) is 12.3. The first kappa shape index (κ1) is 18.3. The van der Waals surface area contributed by atoms with Crippen molar-refractivity contribution < 1.29 is 27.4 Å². The fourth-order valence-electron chi connectivity index (χ4n) is 3.46. The van der Waals surface area contributed by atoms with E-state index in [9.17, 15) is 13.2 Å². The smallest absolute Gasteiger partial charge is 0.382 e. The van der Waals surface area contributed by atoms with Gasteiger partial charge in [0, 0.05) is 6.54 Å². The summed E-state index contributed by atoms with van der Waals surface area (Å²) in [6.45, 7) is 2.33. The van der Waals surface area contributed by atoms with E-state index in [1.807, 2.05) is 0 Å². The zero-order valence-electron chi connectivity index (χ0n) is 14.6. The van der Waals surface area contributed by atoms with Crippen molar-refractivity contribution in [3.8, 4) is 0 Å². The van der Waals surface area contributed by atoms with Crippen LogP contribution in [0, 0.1) is 0 Å².